The maximum absolute atomic E-state index is 13.6. The Bertz CT molecular complexity index is 1590. The van der Waals surface area contributed by atoms with E-state index in [1.807, 2.05) is 24.3 Å². The number of hydrogen-bond donors (Lipinski definition) is 1. The molecule has 5 rings (SSSR count). The van der Waals surface area contributed by atoms with Gasteiger partial charge in [0.05, 0.1) is 27.9 Å². The third kappa shape index (κ3) is 4.89. The van der Waals surface area contributed by atoms with Crippen molar-refractivity contribution in [1.29, 1.82) is 0 Å². The van der Waals surface area contributed by atoms with E-state index in [1.165, 1.54) is 23.5 Å². The quantitative estimate of drug-likeness (QED) is 0.268. The van der Waals surface area contributed by atoms with Gasteiger partial charge >= 0.3 is 0 Å². The second-order valence-electron chi connectivity index (χ2n) is 8.08. The van der Waals surface area contributed by atoms with Crippen molar-refractivity contribution in [3.8, 4) is 0 Å². The molecule has 182 valence electrons. The Morgan fingerprint density at radius 2 is 1.75 bits per heavy atom. The molecule has 7 nitrogen and oxygen atoms in total. The summed E-state index contributed by atoms with van der Waals surface area (Å²) in [4.78, 5) is 20.2. The lowest BCUT2D eigenvalue weighted by atomic mass is 10.1. The highest BCUT2D eigenvalue weighted by Gasteiger charge is 2.23. The number of para-hydroxylation sites is 1. The van der Waals surface area contributed by atoms with Gasteiger partial charge in [-0.05, 0) is 66.6 Å². The molecule has 0 bridgehead atoms. The molecule has 0 spiro atoms. The molecule has 2 aromatic heterocycles. The first-order valence-electron chi connectivity index (χ1n) is 11.4. The highest BCUT2D eigenvalue weighted by atomic mass is 32.2. The smallest absolute Gasteiger partial charge is 0.261 e. The maximum Gasteiger partial charge on any atom is 0.261 e. The second-order valence-corrected chi connectivity index (χ2v) is 10.8. The zero-order valence-corrected chi connectivity index (χ0v) is 21.1. The van der Waals surface area contributed by atoms with Crippen molar-refractivity contribution >= 4 is 48.3 Å². The van der Waals surface area contributed by atoms with Crippen LogP contribution in [0.15, 0.2) is 101 Å². The number of nitrogens with one attached hydrogen (secondary N) is 1. The van der Waals surface area contributed by atoms with Crippen LogP contribution in [0.1, 0.15) is 28.6 Å². The number of furan rings is 1. The van der Waals surface area contributed by atoms with Gasteiger partial charge in [0.25, 0.3) is 15.9 Å². The van der Waals surface area contributed by atoms with Crippen LogP contribution in [0.5, 0.6) is 0 Å². The van der Waals surface area contributed by atoms with Crippen molar-refractivity contribution in [2.24, 2.45) is 0 Å². The third-order valence-electron chi connectivity index (χ3n) is 5.68. The number of nitrogens with zero attached hydrogens (tertiary/aromatic N) is 2. The molecule has 0 radical (unpaired) electrons. The average molecular weight is 518 g/mol. The summed E-state index contributed by atoms with van der Waals surface area (Å²) in [7, 11) is -3.73. The largest absolute Gasteiger partial charge is 0.467 e. The normalized spacial score (nSPS) is 11.5. The monoisotopic (exact) mass is 517 g/mol. The molecule has 9 heteroatoms. The van der Waals surface area contributed by atoms with Gasteiger partial charge in [0.1, 0.15) is 5.76 Å². The standard InChI is InChI=1S/C27H23N3O4S2/c1-2-19-8-6-12-24-25(19)28-27(35-24)30(18-22-9-7-17-34-22)26(31)20-13-15-21(16-14-20)29-36(32,33)23-10-4-3-5-11-23/h3-17,29H,2,18H2,1H3. The highest BCUT2D eigenvalue weighted by molar-refractivity contribution is 7.92. The fourth-order valence-corrected chi connectivity index (χ4v) is 5.92. The number of carbonyl (C=O) groups is 1. The van der Waals surface area contributed by atoms with Gasteiger partial charge in [0, 0.05) is 11.3 Å². The van der Waals surface area contributed by atoms with Gasteiger partial charge in [-0.3, -0.25) is 14.4 Å². The van der Waals surface area contributed by atoms with Crippen LogP contribution in [0.4, 0.5) is 10.8 Å². The molecule has 36 heavy (non-hydrogen) atoms. The minimum Gasteiger partial charge on any atom is -0.467 e. The maximum atomic E-state index is 13.6. The lowest BCUT2D eigenvalue weighted by molar-refractivity contribution is 0.0983. The summed E-state index contributed by atoms with van der Waals surface area (Å²) in [6, 6.07) is 24.1. The molecule has 0 saturated heterocycles. The molecule has 5 aromatic rings. The molecule has 3 aromatic carbocycles. The summed E-state index contributed by atoms with van der Waals surface area (Å²) < 4.78 is 34.3. The minimum absolute atomic E-state index is 0.164. The van der Waals surface area contributed by atoms with Gasteiger partial charge in [-0.1, -0.05) is 48.6 Å². The zero-order chi connectivity index (χ0) is 25.1. The lowest BCUT2D eigenvalue weighted by Crippen LogP contribution is -2.30. The first kappa shape index (κ1) is 23.8. The van der Waals surface area contributed by atoms with Crippen molar-refractivity contribution in [2.75, 3.05) is 9.62 Å². The molecule has 0 unspecified atom stereocenters. The Kier molecular flexibility index (Phi) is 6.58. The number of aromatic nitrogens is 1. The van der Waals surface area contributed by atoms with Crippen LogP contribution in [0.25, 0.3) is 10.2 Å². The minimum atomic E-state index is -3.73. The Hall–Kier alpha value is -3.95. The average Bonchev–Trinajstić information content (AvgIpc) is 3.57. The summed E-state index contributed by atoms with van der Waals surface area (Å²) in [6.07, 6.45) is 2.41. The van der Waals surface area contributed by atoms with Gasteiger partial charge in [-0.25, -0.2) is 13.4 Å². The SMILES string of the molecule is CCc1cccc2sc(N(Cc3ccco3)C(=O)c3ccc(NS(=O)(=O)c4ccccc4)cc3)nc12. The first-order chi connectivity index (χ1) is 17.4. The van der Waals surface area contributed by atoms with Crippen LogP contribution in [0.2, 0.25) is 0 Å². The summed E-state index contributed by atoms with van der Waals surface area (Å²) in [6.45, 7) is 2.29. The lowest BCUT2D eigenvalue weighted by Gasteiger charge is -2.19. The molecular weight excluding hydrogens is 494 g/mol. The summed E-state index contributed by atoms with van der Waals surface area (Å²) in [5.41, 5.74) is 2.78. The number of anilines is 2. The molecule has 2 heterocycles. The van der Waals surface area contributed by atoms with Crippen molar-refractivity contribution in [3.63, 3.8) is 0 Å². The zero-order valence-electron chi connectivity index (χ0n) is 19.4. The van der Waals surface area contributed by atoms with Gasteiger partial charge in [-0.2, -0.15) is 0 Å². The molecule has 0 fully saturated rings. The number of carbonyl (C=O) groups excluding carboxylic acids is 1. The predicted molar refractivity (Wildman–Crippen MR) is 142 cm³/mol. The van der Waals surface area contributed by atoms with Crippen molar-refractivity contribution < 1.29 is 17.6 Å². The van der Waals surface area contributed by atoms with Gasteiger partial charge < -0.3 is 4.42 Å². The van der Waals surface area contributed by atoms with E-state index in [9.17, 15) is 13.2 Å². The topological polar surface area (TPSA) is 92.5 Å². The van der Waals surface area contributed by atoms with Gasteiger partial charge in [0.2, 0.25) is 0 Å². The summed E-state index contributed by atoms with van der Waals surface area (Å²) >= 11 is 1.45. The van der Waals surface area contributed by atoms with E-state index in [0.29, 0.717) is 22.1 Å². The van der Waals surface area contributed by atoms with E-state index in [0.717, 1.165) is 22.2 Å². The Morgan fingerprint density at radius 1 is 0.972 bits per heavy atom. The van der Waals surface area contributed by atoms with Crippen LogP contribution in [-0.2, 0) is 23.0 Å². The van der Waals surface area contributed by atoms with E-state index in [-0.39, 0.29) is 17.3 Å². The molecule has 0 atom stereocenters. The van der Waals surface area contributed by atoms with E-state index in [4.69, 9.17) is 9.40 Å². The highest BCUT2D eigenvalue weighted by Crippen LogP contribution is 2.33. The molecule has 0 aliphatic rings. The van der Waals surface area contributed by atoms with Crippen molar-refractivity contribution in [1.82, 2.24) is 4.98 Å². The Labute approximate surface area is 213 Å². The van der Waals surface area contributed by atoms with Crippen LogP contribution in [0.3, 0.4) is 0 Å². The fraction of sp³-hybridized carbons (Fsp3) is 0.111. The van der Waals surface area contributed by atoms with Gasteiger partial charge in [-0.15, -0.1) is 0 Å². The second kappa shape index (κ2) is 9.96. The number of hydrogen-bond acceptors (Lipinski definition) is 6. The van der Waals surface area contributed by atoms with Crippen LogP contribution >= 0.6 is 11.3 Å². The number of rotatable bonds is 8. The first-order valence-corrected chi connectivity index (χ1v) is 13.6. The molecule has 0 saturated carbocycles. The molecule has 1 N–H and O–H groups in total. The Balaban J connectivity index is 1.44. The number of benzene rings is 3. The van der Waals surface area contributed by atoms with Crippen molar-refractivity contribution in [3.05, 3.63) is 108 Å². The molecule has 0 aliphatic carbocycles. The van der Waals surface area contributed by atoms with Crippen LogP contribution in [-0.4, -0.2) is 19.3 Å². The van der Waals surface area contributed by atoms with E-state index >= 15 is 0 Å². The molecular formula is C27H23N3O4S2. The number of fused-ring (bicyclic) bond motifs is 1. The number of aryl methyl sites for hydroxylation is 1. The number of amides is 1. The predicted octanol–water partition coefficient (Wildman–Crippen LogP) is 6.10. The van der Waals surface area contributed by atoms with Crippen LogP contribution < -0.4 is 9.62 Å². The van der Waals surface area contributed by atoms with Gasteiger partial charge in [0.15, 0.2) is 5.13 Å². The number of sulfonamides is 1. The van der Waals surface area contributed by atoms with Crippen LogP contribution in [0, 0.1) is 0 Å². The fourth-order valence-electron chi connectivity index (χ4n) is 3.83. The van der Waals surface area contributed by atoms with Crippen molar-refractivity contribution in [2.45, 2.75) is 24.8 Å². The summed E-state index contributed by atoms with van der Waals surface area (Å²) in [5.74, 6) is 0.367. The molecule has 0 aliphatic heterocycles. The third-order valence-corrected chi connectivity index (χ3v) is 8.12. The Morgan fingerprint density at radius 3 is 2.44 bits per heavy atom. The number of thiazole rings is 1. The van der Waals surface area contributed by atoms with E-state index in [1.54, 1.807) is 59.7 Å². The summed E-state index contributed by atoms with van der Waals surface area (Å²) in [5, 5.41) is 0.571. The molecule has 1 amide bonds. The van der Waals surface area contributed by atoms with E-state index < -0.39 is 10.0 Å². The van der Waals surface area contributed by atoms with E-state index in [2.05, 4.69) is 11.6 Å².